The van der Waals surface area contributed by atoms with Gasteiger partial charge in [0.2, 0.25) is 0 Å². The van der Waals surface area contributed by atoms with Crippen LogP contribution in [0.1, 0.15) is 71.9 Å². The van der Waals surface area contributed by atoms with Gasteiger partial charge in [-0.05, 0) is 37.7 Å². The molecule has 0 spiro atoms. The van der Waals surface area contributed by atoms with Crippen molar-refractivity contribution in [3.63, 3.8) is 0 Å². The van der Waals surface area contributed by atoms with E-state index in [-0.39, 0.29) is 23.3 Å². The van der Waals surface area contributed by atoms with E-state index in [1.54, 1.807) is 0 Å². The van der Waals surface area contributed by atoms with Crippen LogP contribution in [0, 0.1) is 5.92 Å². The molecule has 0 radical (unpaired) electrons. The Morgan fingerprint density at radius 1 is 1.18 bits per heavy atom. The first-order valence-corrected chi connectivity index (χ1v) is 8.16. The van der Waals surface area contributed by atoms with E-state index < -0.39 is 5.56 Å². The molecule has 3 rings (SSSR count). The van der Waals surface area contributed by atoms with E-state index >= 15 is 0 Å². The zero-order valence-electron chi connectivity index (χ0n) is 12.9. The number of carbonyl (C=O) groups excluding carboxylic acids is 2. The number of hydrogen-bond donors (Lipinski definition) is 2. The number of Topliss-reactive ketones (excluding diaryl/α,β-unsaturated/α-hetero) is 1. The number of rotatable bonds is 2. The van der Waals surface area contributed by atoms with Crippen LogP contribution in [0.25, 0.3) is 0 Å². The van der Waals surface area contributed by atoms with Crippen molar-refractivity contribution in [2.75, 3.05) is 0 Å². The lowest BCUT2D eigenvalue weighted by molar-refractivity contribution is 0.0908. The third-order valence-corrected chi connectivity index (χ3v) is 4.93. The fourth-order valence-corrected chi connectivity index (χ4v) is 3.52. The number of aromatic amines is 1. The quantitative estimate of drug-likeness (QED) is 0.879. The first-order valence-electron chi connectivity index (χ1n) is 8.16. The van der Waals surface area contributed by atoms with E-state index in [0.29, 0.717) is 30.0 Å². The van der Waals surface area contributed by atoms with Gasteiger partial charge >= 0.3 is 0 Å². The Hall–Kier alpha value is -1.91. The van der Waals surface area contributed by atoms with Gasteiger partial charge in [-0.2, -0.15) is 0 Å². The molecule has 1 saturated carbocycles. The summed E-state index contributed by atoms with van der Waals surface area (Å²) in [5.74, 6) is 0.0785. The number of aromatic nitrogens is 1. The van der Waals surface area contributed by atoms with Crippen molar-refractivity contribution in [3.05, 3.63) is 33.2 Å². The summed E-state index contributed by atoms with van der Waals surface area (Å²) in [5, 5.41) is 2.98. The number of fused-ring (bicyclic) bond motifs is 1. The third-order valence-electron chi connectivity index (χ3n) is 4.93. The zero-order valence-corrected chi connectivity index (χ0v) is 12.9. The minimum atomic E-state index is -0.394. The second kappa shape index (κ2) is 6.07. The van der Waals surface area contributed by atoms with Gasteiger partial charge in [0.15, 0.2) is 5.78 Å². The Morgan fingerprint density at radius 2 is 1.95 bits per heavy atom. The highest BCUT2D eigenvalue weighted by molar-refractivity contribution is 6.01. The molecule has 0 bridgehead atoms. The SMILES string of the molecule is C[C@@H]1CCCC[C@H]1NC(=O)c1cc2c([nH]c1=O)CCCC2=O. The van der Waals surface area contributed by atoms with Gasteiger partial charge in [-0.15, -0.1) is 0 Å². The highest BCUT2D eigenvalue weighted by Gasteiger charge is 2.26. The Kier molecular flexibility index (Phi) is 4.14. The van der Waals surface area contributed by atoms with Gasteiger partial charge in [0.05, 0.1) is 0 Å². The second-order valence-electron chi connectivity index (χ2n) is 6.52. The van der Waals surface area contributed by atoms with E-state index in [0.717, 1.165) is 25.7 Å². The maximum atomic E-state index is 12.4. The maximum absolute atomic E-state index is 12.4. The molecule has 1 amide bonds. The van der Waals surface area contributed by atoms with E-state index in [1.807, 2.05) is 0 Å². The van der Waals surface area contributed by atoms with Gasteiger partial charge in [0.25, 0.3) is 11.5 Å². The predicted octanol–water partition coefficient (Wildman–Crippen LogP) is 2.20. The lowest BCUT2D eigenvalue weighted by Gasteiger charge is -2.29. The van der Waals surface area contributed by atoms with Gasteiger partial charge < -0.3 is 10.3 Å². The predicted molar refractivity (Wildman–Crippen MR) is 83.2 cm³/mol. The molecule has 22 heavy (non-hydrogen) atoms. The third kappa shape index (κ3) is 2.85. The molecule has 2 N–H and O–H groups in total. The number of H-pyrrole nitrogens is 1. The van der Waals surface area contributed by atoms with Crippen LogP contribution in [0.5, 0.6) is 0 Å². The fraction of sp³-hybridized carbons (Fsp3) is 0.588. The zero-order chi connectivity index (χ0) is 15.7. The monoisotopic (exact) mass is 302 g/mol. The Bertz CT molecular complexity index is 662. The summed E-state index contributed by atoms with van der Waals surface area (Å²) >= 11 is 0. The molecule has 5 nitrogen and oxygen atoms in total. The lowest BCUT2D eigenvalue weighted by Crippen LogP contribution is -2.43. The standard InChI is InChI=1S/C17H22N2O3/c1-10-5-2-3-6-13(10)18-16(21)12-9-11-14(19-17(12)22)7-4-8-15(11)20/h9-10,13H,2-8H2,1H3,(H,18,21)(H,19,22)/t10-,13-/m1/s1. The number of carbonyl (C=O) groups is 2. The smallest absolute Gasteiger partial charge is 0.261 e. The maximum Gasteiger partial charge on any atom is 0.261 e. The minimum absolute atomic E-state index is 0.0117. The topological polar surface area (TPSA) is 79.0 Å². The summed E-state index contributed by atoms with van der Waals surface area (Å²) in [6.07, 6.45) is 6.29. The van der Waals surface area contributed by atoms with Crippen LogP contribution in [0.15, 0.2) is 10.9 Å². The van der Waals surface area contributed by atoms with Gasteiger partial charge in [-0.1, -0.05) is 19.8 Å². The number of amides is 1. The summed E-state index contributed by atoms with van der Waals surface area (Å²) in [7, 11) is 0. The average Bonchev–Trinajstić information content (AvgIpc) is 2.49. The number of aryl methyl sites for hydroxylation is 1. The molecule has 118 valence electrons. The largest absolute Gasteiger partial charge is 0.349 e. The molecular formula is C17H22N2O3. The van der Waals surface area contributed by atoms with Crippen molar-refractivity contribution in [3.8, 4) is 0 Å². The lowest BCUT2D eigenvalue weighted by atomic mass is 9.86. The molecule has 5 heteroatoms. The molecule has 2 atom stereocenters. The molecular weight excluding hydrogens is 280 g/mol. The molecule has 2 aliphatic carbocycles. The second-order valence-corrected chi connectivity index (χ2v) is 6.52. The van der Waals surface area contributed by atoms with Crippen molar-refractivity contribution in [1.82, 2.24) is 10.3 Å². The first-order chi connectivity index (χ1) is 10.6. The van der Waals surface area contributed by atoms with Gasteiger partial charge in [-0.3, -0.25) is 14.4 Å². The van der Waals surface area contributed by atoms with Crippen molar-refractivity contribution in [2.24, 2.45) is 5.92 Å². The first kappa shape index (κ1) is 15.0. The van der Waals surface area contributed by atoms with Crippen LogP contribution in [0.3, 0.4) is 0 Å². The number of ketones is 1. The van der Waals surface area contributed by atoms with Gasteiger partial charge in [-0.25, -0.2) is 0 Å². The van der Waals surface area contributed by atoms with Crippen LogP contribution >= 0.6 is 0 Å². The molecule has 1 aromatic heterocycles. The normalized spacial score (nSPS) is 24.7. The fourth-order valence-electron chi connectivity index (χ4n) is 3.52. The van der Waals surface area contributed by atoms with Crippen molar-refractivity contribution in [1.29, 1.82) is 0 Å². The Morgan fingerprint density at radius 3 is 2.73 bits per heavy atom. The highest BCUT2D eigenvalue weighted by Crippen LogP contribution is 2.24. The summed E-state index contributed by atoms with van der Waals surface area (Å²) < 4.78 is 0. The van der Waals surface area contributed by atoms with Crippen molar-refractivity contribution < 1.29 is 9.59 Å². The van der Waals surface area contributed by atoms with E-state index in [1.165, 1.54) is 12.5 Å². The molecule has 1 fully saturated rings. The summed E-state index contributed by atoms with van der Waals surface area (Å²) in [6.45, 7) is 2.13. The number of pyridine rings is 1. The van der Waals surface area contributed by atoms with E-state index in [9.17, 15) is 14.4 Å². The summed E-state index contributed by atoms with van der Waals surface area (Å²) in [6, 6.07) is 1.60. The van der Waals surface area contributed by atoms with Crippen molar-refractivity contribution in [2.45, 2.75) is 57.9 Å². The summed E-state index contributed by atoms with van der Waals surface area (Å²) in [5.41, 5.74) is 0.845. The molecule has 0 unspecified atom stereocenters. The highest BCUT2D eigenvalue weighted by atomic mass is 16.2. The average molecular weight is 302 g/mol. The number of nitrogens with one attached hydrogen (secondary N) is 2. The van der Waals surface area contributed by atoms with Crippen LogP contribution in [0.2, 0.25) is 0 Å². The van der Waals surface area contributed by atoms with E-state index in [2.05, 4.69) is 17.2 Å². The molecule has 0 saturated heterocycles. The van der Waals surface area contributed by atoms with Gasteiger partial charge in [0.1, 0.15) is 5.56 Å². The molecule has 0 aromatic carbocycles. The number of hydrogen-bond acceptors (Lipinski definition) is 3. The molecule has 1 heterocycles. The van der Waals surface area contributed by atoms with Crippen LogP contribution in [0.4, 0.5) is 0 Å². The Labute approximate surface area is 129 Å². The molecule has 0 aliphatic heterocycles. The minimum Gasteiger partial charge on any atom is -0.349 e. The van der Waals surface area contributed by atoms with Crippen molar-refractivity contribution >= 4 is 11.7 Å². The summed E-state index contributed by atoms with van der Waals surface area (Å²) in [4.78, 5) is 39.2. The molecule has 1 aromatic rings. The molecule has 2 aliphatic rings. The van der Waals surface area contributed by atoms with E-state index in [4.69, 9.17) is 0 Å². The Balaban J connectivity index is 1.84. The van der Waals surface area contributed by atoms with Crippen LogP contribution in [-0.4, -0.2) is 22.7 Å². The van der Waals surface area contributed by atoms with Crippen LogP contribution < -0.4 is 10.9 Å². The van der Waals surface area contributed by atoms with Gasteiger partial charge in [0, 0.05) is 23.7 Å². The van der Waals surface area contributed by atoms with Crippen LogP contribution in [-0.2, 0) is 6.42 Å².